The van der Waals surface area contributed by atoms with Gasteiger partial charge in [0, 0.05) is 23.6 Å². The quantitative estimate of drug-likeness (QED) is 0.334. The molecule has 1 N–H and O–H groups in total. The zero-order chi connectivity index (χ0) is 21.9. The highest BCUT2D eigenvalue weighted by molar-refractivity contribution is 8.07. The van der Waals surface area contributed by atoms with Gasteiger partial charge < -0.3 is 5.32 Å². The van der Waals surface area contributed by atoms with E-state index in [-0.39, 0.29) is 5.91 Å². The molecule has 5 heteroatoms. The zero-order valence-electron chi connectivity index (χ0n) is 18.0. The molecule has 0 saturated carbocycles. The van der Waals surface area contributed by atoms with Crippen molar-refractivity contribution in [1.29, 1.82) is 0 Å². The largest absolute Gasteiger partial charge is 0.352 e. The smallest absolute Gasteiger partial charge is 0.251 e. The molecule has 0 unspecified atom stereocenters. The fraction of sp³-hybridized carbons (Fsp3) is 0.308. The van der Waals surface area contributed by atoms with E-state index in [0.29, 0.717) is 12.1 Å². The summed E-state index contributed by atoms with van der Waals surface area (Å²) in [5.41, 5.74) is 4.26. The van der Waals surface area contributed by atoms with Gasteiger partial charge in [0.05, 0.1) is 0 Å². The van der Waals surface area contributed by atoms with Crippen molar-refractivity contribution in [1.82, 2.24) is 10.2 Å². The van der Waals surface area contributed by atoms with Crippen molar-refractivity contribution >= 4 is 28.9 Å². The maximum Gasteiger partial charge on any atom is 0.251 e. The Labute approximate surface area is 189 Å². The van der Waals surface area contributed by atoms with E-state index in [1.807, 2.05) is 36.6 Å². The maximum atomic E-state index is 12.5. The zero-order valence-corrected chi connectivity index (χ0v) is 18.9. The summed E-state index contributed by atoms with van der Waals surface area (Å²) in [5, 5.41) is 3.01. The molecule has 162 valence electrons. The molecule has 0 spiro atoms. The summed E-state index contributed by atoms with van der Waals surface area (Å²) in [6.07, 6.45) is 11.3. The number of likely N-dealkylation sites (tertiary alicyclic amines) is 1. The van der Waals surface area contributed by atoms with E-state index in [9.17, 15) is 9.59 Å². The van der Waals surface area contributed by atoms with Crippen molar-refractivity contribution in [3.8, 4) is 0 Å². The number of hydrogen-bond donors (Lipinski definition) is 1. The molecule has 0 radical (unpaired) electrons. The first kappa shape index (κ1) is 23.0. The first-order valence-electron chi connectivity index (χ1n) is 10.7. The molecule has 2 aromatic rings. The van der Waals surface area contributed by atoms with Gasteiger partial charge in [-0.15, -0.1) is 11.8 Å². The number of nitrogens with zero attached hydrogens (tertiary/aromatic N) is 1. The second kappa shape index (κ2) is 12.3. The molecule has 31 heavy (non-hydrogen) atoms. The molecule has 1 amide bonds. The molecule has 0 atom stereocenters. The number of hydrogen-bond acceptors (Lipinski definition) is 4. The standard InChI is InChI=1S/C26H30N2O2S/c1-31-25(6-2-5-19-29)23-11-13-24(14-12-23)26(30)27-16-15-21-7-9-22(10-8-21)20-28-17-3-4-18-28/h2,5-14,19H,3-4,15-18,20H2,1H3,(H,27,30)/b5-2+,25-6-. The van der Waals surface area contributed by atoms with Crippen LogP contribution in [-0.2, 0) is 17.8 Å². The third-order valence-corrected chi connectivity index (χ3v) is 6.23. The molecule has 1 fully saturated rings. The number of thioether (sulfide) groups is 1. The minimum Gasteiger partial charge on any atom is -0.352 e. The van der Waals surface area contributed by atoms with Gasteiger partial charge in [-0.2, -0.15) is 0 Å². The van der Waals surface area contributed by atoms with Crippen molar-refractivity contribution in [2.24, 2.45) is 0 Å². The van der Waals surface area contributed by atoms with Crippen LogP contribution in [0.3, 0.4) is 0 Å². The summed E-state index contributed by atoms with van der Waals surface area (Å²) >= 11 is 1.60. The molecule has 2 aromatic carbocycles. The Morgan fingerprint density at radius 2 is 1.61 bits per heavy atom. The van der Waals surface area contributed by atoms with Gasteiger partial charge in [0.2, 0.25) is 0 Å². The van der Waals surface area contributed by atoms with E-state index in [2.05, 4.69) is 34.5 Å². The van der Waals surface area contributed by atoms with Gasteiger partial charge in [0.15, 0.2) is 0 Å². The Bertz CT molecular complexity index is 911. The van der Waals surface area contributed by atoms with E-state index in [4.69, 9.17) is 0 Å². The van der Waals surface area contributed by atoms with Crippen LogP contribution < -0.4 is 5.32 Å². The molecule has 0 bridgehead atoms. The summed E-state index contributed by atoms with van der Waals surface area (Å²) in [4.78, 5) is 26.4. The molecular weight excluding hydrogens is 404 g/mol. The van der Waals surface area contributed by atoms with Crippen LogP contribution in [-0.4, -0.2) is 43.0 Å². The fourth-order valence-electron chi connectivity index (χ4n) is 3.69. The van der Waals surface area contributed by atoms with Gasteiger partial charge in [-0.25, -0.2) is 0 Å². The topological polar surface area (TPSA) is 49.4 Å². The highest BCUT2D eigenvalue weighted by Gasteiger charge is 2.11. The van der Waals surface area contributed by atoms with Crippen LogP contribution in [0.1, 0.15) is 39.9 Å². The van der Waals surface area contributed by atoms with Gasteiger partial charge in [-0.05, 0) is 79.6 Å². The molecule has 4 nitrogen and oxygen atoms in total. The van der Waals surface area contributed by atoms with Crippen molar-refractivity contribution in [3.63, 3.8) is 0 Å². The monoisotopic (exact) mass is 434 g/mol. The molecule has 1 heterocycles. The SMILES string of the molecule is CS/C(=C\C=C\C=O)c1ccc(C(=O)NCCc2ccc(CN3CCCC3)cc2)cc1. The van der Waals surface area contributed by atoms with Crippen molar-refractivity contribution < 1.29 is 9.59 Å². The second-order valence-corrected chi connectivity index (χ2v) is 8.49. The Balaban J connectivity index is 1.47. The highest BCUT2D eigenvalue weighted by atomic mass is 32.2. The molecular formula is C26H30N2O2S. The summed E-state index contributed by atoms with van der Waals surface area (Å²) in [6, 6.07) is 16.3. The summed E-state index contributed by atoms with van der Waals surface area (Å²) in [6.45, 7) is 4.06. The third-order valence-electron chi connectivity index (χ3n) is 5.42. The first-order valence-corrected chi connectivity index (χ1v) is 12.0. The number of allylic oxidation sites excluding steroid dienone is 3. The van der Waals surface area contributed by atoms with E-state index < -0.39 is 0 Å². The van der Waals surface area contributed by atoms with Gasteiger partial charge in [-0.1, -0.05) is 42.5 Å². The number of nitrogens with one attached hydrogen (secondary N) is 1. The van der Waals surface area contributed by atoms with Gasteiger partial charge in [0.25, 0.3) is 5.91 Å². The molecule has 0 aliphatic carbocycles. The Morgan fingerprint density at radius 3 is 2.26 bits per heavy atom. The predicted molar refractivity (Wildman–Crippen MR) is 130 cm³/mol. The van der Waals surface area contributed by atoms with E-state index in [1.54, 1.807) is 17.8 Å². The van der Waals surface area contributed by atoms with Crippen LogP contribution in [0.2, 0.25) is 0 Å². The van der Waals surface area contributed by atoms with Crippen LogP contribution in [0.4, 0.5) is 0 Å². The molecule has 0 aromatic heterocycles. The van der Waals surface area contributed by atoms with Crippen LogP contribution in [0.5, 0.6) is 0 Å². The number of carbonyl (C=O) groups is 2. The Hall–Kier alpha value is -2.63. The fourth-order valence-corrected chi connectivity index (χ4v) is 4.28. The number of benzene rings is 2. The van der Waals surface area contributed by atoms with Crippen LogP contribution in [0, 0.1) is 0 Å². The van der Waals surface area contributed by atoms with E-state index in [0.717, 1.165) is 29.7 Å². The lowest BCUT2D eigenvalue weighted by Gasteiger charge is -2.14. The molecule has 1 saturated heterocycles. The molecule has 1 aliphatic heterocycles. The van der Waals surface area contributed by atoms with Crippen LogP contribution in [0.25, 0.3) is 4.91 Å². The number of amides is 1. The Kier molecular flexibility index (Phi) is 9.13. The van der Waals surface area contributed by atoms with Gasteiger partial charge in [0.1, 0.15) is 6.29 Å². The minimum absolute atomic E-state index is 0.0623. The highest BCUT2D eigenvalue weighted by Crippen LogP contribution is 2.25. The normalized spacial score (nSPS) is 14.8. The van der Waals surface area contributed by atoms with Gasteiger partial charge in [-0.3, -0.25) is 14.5 Å². The third kappa shape index (κ3) is 7.23. The number of rotatable bonds is 10. The summed E-state index contributed by atoms with van der Waals surface area (Å²) in [5.74, 6) is -0.0623. The average molecular weight is 435 g/mol. The van der Waals surface area contributed by atoms with E-state index in [1.165, 1.54) is 43.1 Å². The minimum atomic E-state index is -0.0623. The molecule has 1 aliphatic rings. The molecule has 3 rings (SSSR count). The number of aldehydes is 1. The van der Waals surface area contributed by atoms with Crippen LogP contribution in [0.15, 0.2) is 66.8 Å². The lowest BCUT2D eigenvalue weighted by Crippen LogP contribution is -2.25. The van der Waals surface area contributed by atoms with Crippen molar-refractivity contribution in [2.45, 2.75) is 25.8 Å². The van der Waals surface area contributed by atoms with Gasteiger partial charge >= 0.3 is 0 Å². The lowest BCUT2D eigenvalue weighted by molar-refractivity contribution is -0.104. The maximum absolute atomic E-state index is 12.5. The van der Waals surface area contributed by atoms with Crippen molar-refractivity contribution in [2.75, 3.05) is 25.9 Å². The second-order valence-electron chi connectivity index (χ2n) is 7.64. The summed E-state index contributed by atoms with van der Waals surface area (Å²) < 4.78 is 0. The van der Waals surface area contributed by atoms with Crippen LogP contribution >= 0.6 is 11.8 Å². The first-order chi connectivity index (χ1) is 15.2. The average Bonchev–Trinajstić information content (AvgIpc) is 3.31. The predicted octanol–water partition coefficient (Wildman–Crippen LogP) is 4.71. The van der Waals surface area contributed by atoms with E-state index >= 15 is 0 Å². The lowest BCUT2D eigenvalue weighted by atomic mass is 10.1. The van der Waals surface area contributed by atoms with Crippen molar-refractivity contribution in [3.05, 3.63) is 89.0 Å². The summed E-state index contributed by atoms with van der Waals surface area (Å²) in [7, 11) is 0. The number of carbonyl (C=O) groups excluding carboxylic acids is 2. The Morgan fingerprint density at radius 1 is 0.968 bits per heavy atom.